The molecule has 10 nitrogen and oxygen atoms in total. The van der Waals surface area contributed by atoms with E-state index in [2.05, 4.69) is 67.5 Å². The average Bonchev–Trinajstić information content (AvgIpc) is 3.33. The quantitative estimate of drug-likeness (QED) is 0.0804. The van der Waals surface area contributed by atoms with Gasteiger partial charge in [0.25, 0.3) is 20.2 Å². The van der Waals surface area contributed by atoms with Gasteiger partial charge in [0, 0.05) is 53.9 Å². The van der Waals surface area contributed by atoms with Gasteiger partial charge in [-0.2, -0.15) is 21.4 Å². The fourth-order valence-electron chi connectivity index (χ4n) is 6.72. The zero-order chi connectivity index (χ0) is 35.3. The molecule has 12 heteroatoms. The number of rotatable bonds is 16. The lowest BCUT2D eigenvalue weighted by Crippen LogP contribution is -2.28. The fraction of sp³-hybridized carbons (Fsp3) is 0.444. The summed E-state index contributed by atoms with van der Waals surface area (Å²) in [4.78, 5) is 13.4. The molecule has 0 radical (unpaired) electrons. The molecule has 2 aromatic rings. The first-order valence-corrected chi connectivity index (χ1v) is 19.5. The normalized spacial score (nSPS) is 18.0. The van der Waals surface area contributed by atoms with Gasteiger partial charge in [-0.25, -0.2) is 0 Å². The standard InChI is InChI=1S/C36H46N2O8S2/c1-35(2)28-14-8-9-15-30(28)37(22-10-12-24-47(41,42)43)32(35)16-6-5-7-17-33-36(3,4)29-26-27(19-21-34(39)40)18-20-31(29)38(33)23-11-13-25-48(44,45)46/h5-9,14-18,20,26H,10-13,19,21-25H2,1-4H3,(H2-,39,40,41,42,43,44,45,46)/p+1. The van der Waals surface area contributed by atoms with Crippen molar-refractivity contribution in [2.75, 3.05) is 29.5 Å². The molecule has 0 fully saturated rings. The highest BCUT2D eigenvalue weighted by Gasteiger charge is 2.44. The molecule has 2 aromatic carbocycles. The van der Waals surface area contributed by atoms with Gasteiger partial charge in [-0.05, 0) is 62.8 Å². The third kappa shape index (κ3) is 9.10. The van der Waals surface area contributed by atoms with Crippen molar-refractivity contribution in [3.8, 4) is 0 Å². The monoisotopic (exact) mass is 699 g/mol. The average molecular weight is 700 g/mol. The predicted octanol–water partition coefficient (Wildman–Crippen LogP) is 6.21. The van der Waals surface area contributed by atoms with Crippen LogP contribution in [0.25, 0.3) is 0 Å². The number of aliphatic carboxylic acids is 1. The molecular formula is C36H47N2O8S2+. The Balaban J connectivity index is 1.61. The molecule has 260 valence electrons. The van der Waals surface area contributed by atoms with Crippen molar-refractivity contribution in [2.45, 2.75) is 77.0 Å². The van der Waals surface area contributed by atoms with E-state index in [1.165, 1.54) is 5.56 Å². The Bertz CT molecular complexity index is 1870. The van der Waals surface area contributed by atoms with E-state index in [-0.39, 0.29) is 23.3 Å². The molecule has 0 amide bonds. The van der Waals surface area contributed by atoms with Gasteiger partial charge in [0.15, 0.2) is 5.71 Å². The van der Waals surface area contributed by atoms with Crippen molar-refractivity contribution in [3.05, 3.63) is 95.2 Å². The molecule has 0 unspecified atom stereocenters. The Kier molecular flexibility index (Phi) is 11.6. The van der Waals surface area contributed by atoms with Crippen LogP contribution < -0.4 is 4.90 Å². The molecule has 0 aromatic heterocycles. The number of fused-ring (bicyclic) bond motifs is 2. The van der Waals surface area contributed by atoms with E-state index in [4.69, 9.17) is 4.55 Å². The van der Waals surface area contributed by atoms with E-state index < -0.39 is 31.6 Å². The number of allylic oxidation sites excluding steroid dienone is 6. The number of nitrogens with zero attached hydrogens (tertiary/aromatic N) is 2. The largest absolute Gasteiger partial charge is 0.481 e. The number of carbonyl (C=O) groups is 1. The Morgan fingerprint density at radius 3 is 2.17 bits per heavy atom. The summed E-state index contributed by atoms with van der Waals surface area (Å²) >= 11 is 0. The number of aryl methyl sites for hydroxylation is 1. The summed E-state index contributed by atoms with van der Waals surface area (Å²) in [5.74, 6) is -1.42. The van der Waals surface area contributed by atoms with Gasteiger partial charge in [0.05, 0.1) is 16.9 Å². The molecule has 2 aliphatic rings. The molecule has 48 heavy (non-hydrogen) atoms. The van der Waals surface area contributed by atoms with Crippen LogP contribution in [0, 0.1) is 0 Å². The molecule has 2 aliphatic heterocycles. The van der Waals surface area contributed by atoms with E-state index in [1.54, 1.807) is 0 Å². The fourth-order valence-corrected chi connectivity index (χ4v) is 7.86. The maximum absolute atomic E-state index is 11.3. The van der Waals surface area contributed by atoms with Crippen molar-refractivity contribution >= 4 is 43.3 Å². The van der Waals surface area contributed by atoms with Crippen LogP contribution in [0.2, 0.25) is 0 Å². The van der Waals surface area contributed by atoms with Gasteiger partial charge in [-0.15, -0.1) is 0 Å². The van der Waals surface area contributed by atoms with E-state index >= 15 is 0 Å². The second-order valence-electron chi connectivity index (χ2n) is 13.5. The Labute approximate surface area is 284 Å². The maximum Gasteiger partial charge on any atom is 0.303 e. The van der Waals surface area contributed by atoms with Crippen LogP contribution >= 0.6 is 0 Å². The first-order valence-electron chi connectivity index (χ1n) is 16.2. The summed E-state index contributed by atoms with van der Waals surface area (Å²) in [6.07, 6.45) is 12.3. The second kappa shape index (κ2) is 14.9. The Morgan fingerprint density at radius 1 is 0.833 bits per heavy atom. The highest BCUT2D eigenvalue weighted by molar-refractivity contribution is 7.86. The number of carboxylic acids is 1. The maximum atomic E-state index is 11.3. The van der Waals surface area contributed by atoms with Crippen LogP contribution in [0.15, 0.2) is 78.5 Å². The first-order chi connectivity index (χ1) is 22.4. The molecule has 0 saturated heterocycles. The summed E-state index contributed by atoms with van der Waals surface area (Å²) in [5.41, 5.74) is 6.68. The first kappa shape index (κ1) is 37.2. The van der Waals surface area contributed by atoms with E-state index in [9.17, 15) is 31.3 Å². The third-order valence-corrected chi connectivity index (χ3v) is 10.8. The van der Waals surface area contributed by atoms with Crippen LogP contribution in [0.5, 0.6) is 0 Å². The SMILES string of the molecule is CC1(C)C(/C=C/C=C/C=C2/N(CCCCS(=O)(=O)O)c3ccc(CCC(=O)O)cc3C2(C)C)=[N+](CCCCS(=O)(=O)O)c2ccccc21. The van der Waals surface area contributed by atoms with Crippen molar-refractivity contribution < 1.29 is 40.4 Å². The van der Waals surface area contributed by atoms with Gasteiger partial charge in [-0.3, -0.25) is 13.9 Å². The Hall–Kier alpha value is -3.58. The molecule has 0 spiro atoms. The van der Waals surface area contributed by atoms with Gasteiger partial charge < -0.3 is 10.0 Å². The number of carboxylic acid groups (broad SMARTS) is 1. The minimum atomic E-state index is -4.05. The van der Waals surface area contributed by atoms with Crippen LogP contribution in [-0.4, -0.2) is 71.9 Å². The molecule has 0 saturated carbocycles. The molecule has 4 rings (SSSR count). The number of para-hydroxylation sites is 1. The molecule has 0 bridgehead atoms. The number of hydrogen-bond acceptors (Lipinski definition) is 6. The molecule has 2 heterocycles. The summed E-state index contributed by atoms with van der Waals surface area (Å²) in [5, 5.41) is 9.18. The van der Waals surface area contributed by atoms with E-state index in [0.717, 1.165) is 33.9 Å². The van der Waals surface area contributed by atoms with E-state index in [1.807, 2.05) is 42.5 Å². The summed E-state index contributed by atoms with van der Waals surface area (Å²) in [7, 11) is -8.05. The predicted molar refractivity (Wildman–Crippen MR) is 190 cm³/mol. The highest BCUT2D eigenvalue weighted by atomic mass is 32.2. The zero-order valence-electron chi connectivity index (χ0n) is 28.1. The van der Waals surface area contributed by atoms with Gasteiger partial charge >= 0.3 is 5.97 Å². The van der Waals surface area contributed by atoms with Crippen LogP contribution in [0.4, 0.5) is 11.4 Å². The van der Waals surface area contributed by atoms with Crippen molar-refractivity contribution in [3.63, 3.8) is 0 Å². The minimum absolute atomic E-state index is 0.0409. The van der Waals surface area contributed by atoms with Crippen LogP contribution in [0.1, 0.15) is 76.5 Å². The van der Waals surface area contributed by atoms with Crippen molar-refractivity contribution in [1.29, 1.82) is 0 Å². The zero-order valence-corrected chi connectivity index (χ0v) is 29.7. The summed E-state index contributed by atoms with van der Waals surface area (Å²) in [6.45, 7) is 9.73. The van der Waals surface area contributed by atoms with Gasteiger partial charge in [0.2, 0.25) is 5.69 Å². The highest BCUT2D eigenvalue weighted by Crippen LogP contribution is 2.48. The lowest BCUT2D eigenvalue weighted by Gasteiger charge is -2.27. The third-order valence-electron chi connectivity index (χ3n) is 9.18. The smallest absolute Gasteiger partial charge is 0.303 e. The minimum Gasteiger partial charge on any atom is -0.481 e. The number of anilines is 1. The van der Waals surface area contributed by atoms with Crippen molar-refractivity contribution in [1.82, 2.24) is 0 Å². The lowest BCUT2D eigenvalue weighted by molar-refractivity contribution is -0.438. The Morgan fingerprint density at radius 2 is 1.50 bits per heavy atom. The number of benzene rings is 2. The van der Waals surface area contributed by atoms with Crippen LogP contribution in [-0.2, 0) is 42.3 Å². The molecule has 0 atom stereocenters. The summed E-state index contributed by atoms with van der Waals surface area (Å²) < 4.78 is 65.7. The van der Waals surface area contributed by atoms with Crippen LogP contribution in [0.3, 0.4) is 0 Å². The lowest BCUT2D eigenvalue weighted by atomic mass is 9.81. The molecule has 3 N–H and O–H groups in total. The van der Waals surface area contributed by atoms with E-state index in [0.29, 0.717) is 45.2 Å². The summed E-state index contributed by atoms with van der Waals surface area (Å²) in [6, 6.07) is 14.2. The van der Waals surface area contributed by atoms with Gasteiger partial charge in [-0.1, -0.05) is 62.4 Å². The number of unbranched alkanes of at least 4 members (excludes halogenated alkanes) is 2. The van der Waals surface area contributed by atoms with Crippen molar-refractivity contribution in [2.24, 2.45) is 0 Å². The number of hydrogen-bond donors (Lipinski definition) is 3. The second-order valence-corrected chi connectivity index (χ2v) is 16.6. The molecule has 0 aliphatic carbocycles. The van der Waals surface area contributed by atoms with Gasteiger partial charge in [0.1, 0.15) is 6.54 Å². The molecular weight excluding hydrogens is 653 g/mol. The topological polar surface area (TPSA) is 152 Å².